The Morgan fingerprint density at radius 1 is 1.38 bits per heavy atom. The maximum absolute atomic E-state index is 12.4. The third-order valence-corrected chi connectivity index (χ3v) is 4.87. The quantitative estimate of drug-likeness (QED) is 0.855. The molecule has 4 nitrogen and oxygen atoms in total. The average Bonchev–Trinajstić information content (AvgIpc) is 2.94. The largest absolute Gasteiger partial charge is 0.496 e. The smallest absolute Gasteiger partial charge is 0.239 e. The van der Waals surface area contributed by atoms with Crippen LogP contribution in [0.3, 0.4) is 0 Å². The molecule has 4 heteroatoms. The second-order valence-electron chi connectivity index (χ2n) is 6.24. The highest BCUT2D eigenvalue weighted by Gasteiger charge is 2.39. The van der Waals surface area contributed by atoms with Crippen molar-refractivity contribution in [3.05, 3.63) is 29.3 Å². The number of methoxy groups -OCH3 is 1. The lowest BCUT2D eigenvalue weighted by Gasteiger charge is -2.41. The minimum atomic E-state index is -0.0216. The number of hydrogen-bond donors (Lipinski definition) is 0. The third kappa shape index (κ3) is 2.64. The van der Waals surface area contributed by atoms with Gasteiger partial charge >= 0.3 is 0 Å². The van der Waals surface area contributed by atoms with Crippen LogP contribution in [0, 0.1) is 6.92 Å². The van der Waals surface area contributed by atoms with Gasteiger partial charge in [-0.15, -0.1) is 0 Å². The van der Waals surface area contributed by atoms with Gasteiger partial charge in [0, 0.05) is 25.7 Å². The molecule has 1 amide bonds. The number of fused-ring (bicyclic) bond motifs is 1. The Labute approximate surface area is 126 Å². The highest BCUT2D eigenvalue weighted by Crippen LogP contribution is 2.27. The lowest BCUT2D eigenvalue weighted by molar-refractivity contribution is -0.143. The summed E-state index contributed by atoms with van der Waals surface area (Å²) < 4.78 is 5.40. The zero-order chi connectivity index (χ0) is 15.0. The van der Waals surface area contributed by atoms with E-state index in [1.54, 1.807) is 7.11 Å². The number of benzene rings is 1. The lowest BCUT2D eigenvalue weighted by atomic mass is 10.0. The van der Waals surface area contributed by atoms with Gasteiger partial charge in [0.1, 0.15) is 5.75 Å². The molecule has 0 saturated carbocycles. The monoisotopic (exact) mass is 288 g/mol. The van der Waals surface area contributed by atoms with Crippen molar-refractivity contribution in [3.8, 4) is 5.75 Å². The number of carbonyl (C=O) groups excluding carboxylic acids is 1. The number of ether oxygens (including phenoxy) is 1. The minimum Gasteiger partial charge on any atom is -0.496 e. The van der Waals surface area contributed by atoms with Gasteiger partial charge in [0.25, 0.3) is 0 Å². The molecule has 2 aliphatic rings. The van der Waals surface area contributed by atoms with E-state index in [2.05, 4.69) is 28.0 Å². The van der Waals surface area contributed by atoms with E-state index in [1.165, 1.54) is 5.56 Å². The van der Waals surface area contributed by atoms with Gasteiger partial charge in [-0.3, -0.25) is 9.69 Å². The maximum atomic E-state index is 12.4. The van der Waals surface area contributed by atoms with E-state index in [-0.39, 0.29) is 6.04 Å². The van der Waals surface area contributed by atoms with Gasteiger partial charge in [-0.2, -0.15) is 0 Å². The fourth-order valence-corrected chi connectivity index (χ4v) is 3.54. The minimum absolute atomic E-state index is 0.0216. The van der Waals surface area contributed by atoms with Crippen LogP contribution >= 0.6 is 0 Å². The van der Waals surface area contributed by atoms with Crippen LogP contribution in [0.15, 0.2) is 18.2 Å². The van der Waals surface area contributed by atoms with Crippen molar-refractivity contribution in [2.45, 2.75) is 45.3 Å². The zero-order valence-corrected chi connectivity index (χ0v) is 13.1. The molecule has 2 atom stereocenters. The molecular formula is C17H24N2O2. The molecule has 2 heterocycles. The predicted molar refractivity (Wildman–Crippen MR) is 82.3 cm³/mol. The molecule has 1 aromatic rings. The van der Waals surface area contributed by atoms with Gasteiger partial charge in [0.05, 0.1) is 13.2 Å². The second-order valence-corrected chi connectivity index (χ2v) is 6.24. The van der Waals surface area contributed by atoms with E-state index in [0.717, 1.165) is 43.8 Å². The Bertz CT molecular complexity index is 544. The summed E-state index contributed by atoms with van der Waals surface area (Å²) in [6.45, 7) is 6.82. The molecule has 0 bridgehead atoms. The van der Waals surface area contributed by atoms with Gasteiger partial charge in [-0.1, -0.05) is 12.1 Å². The number of amides is 1. The first-order chi connectivity index (χ1) is 10.1. The fraction of sp³-hybridized carbons (Fsp3) is 0.588. The van der Waals surface area contributed by atoms with E-state index in [9.17, 15) is 4.79 Å². The van der Waals surface area contributed by atoms with Crippen molar-refractivity contribution in [1.82, 2.24) is 9.80 Å². The summed E-state index contributed by atoms with van der Waals surface area (Å²) >= 11 is 0. The number of rotatable bonds is 3. The SMILES string of the molecule is COc1cc(CN2C[C@H]3CCCN3C(=O)[C@H]2C)ccc1C. The van der Waals surface area contributed by atoms with Crippen LogP contribution in [0.2, 0.25) is 0 Å². The van der Waals surface area contributed by atoms with E-state index < -0.39 is 0 Å². The summed E-state index contributed by atoms with van der Waals surface area (Å²) in [7, 11) is 1.70. The summed E-state index contributed by atoms with van der Waals surface area (Å²) in [5.41, 5.74) is 2.36. The Morgan fingerprint density at radius 3 is 2.95 bits per heavy atom. The molecule has 0 unspecified atom stereocenters. The molecule has 2 saturated heterocycles. The summed E-state index contributed by atoms with van der Waals surface area (Å²) in [5.74, 6) is 1.22. The summed E-state index contributed by atoms with van der Waals surface area (Å²) in [4.78, 5) is 16.8. The molecule has 1 aromatic carbocycles. The van der Waals surface area contributed by atoms with E-state index in [0.29, 0.717) is 11.9 Å². The van der Waals surface area contributed by atoms with Crippen LogP contribution in [0.1, 0.15) is 30.9 Å². The van der Waals surface area contributed by atoms with E-state index in [4.69, 9.17) is 4.74 Å². The van der Waals surface area contributed by atoms with Crippen molar-refractivity contribution in [1.29, 1.82) is 0 Å². The molecule has 0 spiro atoms. The number of aryl methyl sites for hydroxylation is 1. The van der Waals surface area contributed by atoms with Gasteiger partial charge < -0.3 is 9.64 Å². The molecule has 114 valence electrons. The zero-order valence-electron chi connectivity index (χ0n) is 13.1. The Balaban J connectivity index is 1.76. The first-order valence-corrected chi connectivity index (χ1v) is 7.78. The Hall–Kier alpha value is -1.55. The van der Waals surface area contributed by atoms with E-state index >= 15 is 0 Å². The summed E-state index contributed by atoms with van der Waals surface area (Å²) in [6, 6.07) is 6.71. The molecular weight excluding hydrogens is 264 g/mol. The number of nitrogens with zero attached hydrogens (tertiary/aromatic N) is 2. The van der Waals surface area contributed by atoms with Crippen molar-refractivity contribution in [2.24, 2.45) is 0 Å². The second kappa shape index (κ2) is 5.68. The molecule has 0 N–H and O–H groups in total. The van der Waals surface area contributed by atoms with Crippen LogP contribution < -0.4 is 4.74 Å². The molecule has 0 aliphatic carbocycles. The van der Waals surface area contributed by atoms with Crippen molar-refractivity contribution in [2.75, 3.05) is 20.2 Å². The highest BCUT2D eigenvalue weighted by atomic mass is 16.5. The average molecular weight is 288 g/mol. The van der Waals surface area contributed by atoms with Gasteiger partial charge in [-0.05, 0) is 43.9 Å². The molecule has 2 fully saturated rings. The molecule has 0 radical (unpaired) electrons. The third-order valence-electron chi connectivity index (χ3n) is 4.87. The fourth-order valence-electron chi connectivity index (χ4n) is 3.54. The van der Waals surface area contributed by atoms with Crippen molar-refractivity contribution in [3.63, 3.8) is 0 Å². The van der Waals surface area contributed by atoms with Crippen LogP contribution in [0.4, 0.5) is 0 Å². The Kier molecular flexibility index (Phi) is 3.89. The molecule has 0 aromatic heterocycles. The van der Waals surface area contributed by atoms with Crippen LogP contribution in [-0.4, -0.2) is 48.0 Å². The highest BCUT2D eigenvalue weighted by molar-refractivity contribution is 5.83. The molecule has 2 aliphatic heterocycles. The normalized spacial score (nSPS) is 26.0. The maximum Gasteiger partial charge on any atom is 0.239 e. The standard InChI is InChI=1S/C17H24N2O2/c1-12-6-7-14(9-16(12)21-3)10-18-11-15-5-4-8-19(15)17(20)13(18)2/h6-7,9,13,15H,4-5,8,10-11H2,1-3H3/t13-,15-/m1/s1. The first kappa shape index (κ1) is 14.4. The topological polar surface area (TPSA) is 32.8 Å². The number of carbonyl (C=O) groups is 1. The molecule has 3 rings (SSSR count). The van der Waals surface area contributed by atoms with Crippen molar-refractivity contribution < 1.29 is 9.53 Å². The summed E-state index contributed by atoms with van der Waals surface area (Å²) in [5, 5.41) is 0. The van der Waals surface area contributed by atoms with Gasteiger partial charge in [-0.25, -0.2) is 0 Å². The predicted octanol–water partition coefficient (Wildman–Crippen LogP) is 2.20. The first-order valence-electron chi connectivity index (χ1n) is 7.78. The summed E-state index contributed by atoms with van der Waals surface area (Å²) in [6.07, 6.45) is 2.29. The van der Waals surface area contributed by atoms with Gasteiger partial charge in [0.2, 0.25) is 5.91 Å². The number of hydrogen-bond acceptors (Lipinski definition) is 3. The Morgan fingerprint density at radius 2 is 2.19 bits per heavy atom. The molecule has 21 heavy (non-hydrogen) atoms. The number of piperazine rings is 1. The lowest BCUT2D eigenvalue weighted by Crippen LogP contribution is -2.58. The van der Waals surface area contributed by atoms with Crippen LogP contribution in [0.5, 0.6) is 5.75 Å². The van der Waals surface area contributed by atoms with Crippen molar-refractivity contribution >= 4 is 5.91 Å². The van der Waals surface area contributed by atoms with E-state index in [1.807, 2.05) is 13.8 Å². The van der Waals surface area contributed by atoms with Gasteiger partial charge in [0.15, 0.2) is 0 Å². The van der Waals surface area contributed by atoms with Crippen LogP contribution in [0.25, 0.3) is 0 Å². The van der Waals surface area contributed by atoms with Crippen LogP contribution in [-0.2, 0) is 11.3 Å².